The van der Waals surface area contributed by atoms with E-state index in [9.17, 15) is 9.90 Å². The van der Waals surface area contributed by atoms with E-state index < -0.39 is 30.4 Å². The zero-order chi connectivity index (χ0) is 26.3. The molecule has 1 aromatic rings. The van der Waals surface area contributed by atoms with Crippen molar-refractivity contribution in [2.45, 2.75) is 147 Å². The number of fused-ring (bicyclic) bond motifs is 1. The summed E-state index contributed by atoms with van der Waals surface area (Å²) in [7, 11) is 0. The lowest BCUT2D eigenvalue weighted by molar-refractivity contribution is -0.229. The lowest BCUT2D eigenvalue weighted by Gasteiger charge is -2.28. The van der Waals surface area contributed by atoms with E-state index in [2.05, 4.69) is 6.92 Å². The van der Waals surface area contributed by atoms with Gasteiger partial charge in [0.05, 0.1) is 17.8 Å². The van der Waals surface area contributed by atoms with Gasteiger partial charge >= 0.3 is 5.97 Å². The highest BCUT2D eigenvalue weighted by Crippen LogP contribution is 2.41. The van der Waals surface area contributed by atoms with Gasteiger partial charge in [-0.3, -0.25) is 0 Å². The molecule has 3 aliphatic rings. The number of carbonyl (C=O) groups excluding carboxylic acids is 1. The van der Waals surface area contributed by atoms with Crippen molar-refractivity contribution < 1.29 is 33.6 Å². The zero-order valence-electron chi connectivity index (χ0n) is 22.8. The smallest absolute Gasteiger partial charge is 0.338 e. The van der Waals surface area contributed by atoms with Crippen LogP contribution in [0.15, 0.2) is 30.3 Å². The van der Waals surface area contributed by atoms with E-state index in [4.69, 9.17) is 23.7 Å². The first-order valence-corrected chi connectivity index (χ1v) is 14.5. The first-order valence-electron chi connectivity index (χ1n) is 14.5. The SMILES string of the molecule is CCCCCCCCCCC[C@@H](OC(=O)c1ccccc1)[C@H]1CC[C@@H]([C@@H]2O[C@H]3OC(C)(C)O[C@@H]3[C@H]2O)O1. The molecule has 0 aromatic heterocycles. The monoisotopic (exact) mass is 518 g/mol. The van der Waals surface area contributed by atoms with Crippen LogP contribution >= 0.6 is 0 Å². The maximum atomic E-state index is 12.9. The molecule has 7 atom stereocenters. The van der Waals surface area contributed by atoms with E-state index >= 15 is 0 Å². The average Bonchev–Trinajstić information content (AvgIpc) is 3.56. The Kier molecular flexibility index (Phi) is 10.4. The fraction of sp³-hybridized carbons (Fsp3) is 0.767. The molecule has 0 spiro atoms. The molecular formula is C30H46O7. The van der Waals surface area contributed by atoms with Crippen LogP contribution in [-0.2, 0) is 23.7 Å². The second-order valence-corrected chi connectivity index (χ2v) is 11.3. The largest absolute Gasteiger partial charge is 0.456 e. The summed E-state index contributed by atoms with van der Waals surface area (Å²) in [6.45, 7) is 5.88. The Morgan fingerprint density at radius 1 is 0.946 bits per heavy atom. The van der Waals surface area contributed by atoms with Crippen LogP contribution in [0.1, 0.15) is 108 Å². The van der Waals surface area contributed by atoms with Gasteiger partial charge in [0.2, 0.25) is 0 Å². The number of esters is 1. The van der Waals surface area contributed by atoms with Crippen molar-refractivity contribution >= 4 is 5.97 Å². The van der Waals surface area contributed by atoms with Gasteiger partial charge in [-0.05, 0) is 51.7 Å². The quantitative estimate of drug-likeness (QED) is 0.242. The molecule has 0 saturated carbocycles. The minimum Gasteiger partial charge on any atom is -0.456 e. The van der Waals surface area contributed by atoms with Gasteiger partial charge in [-0.25, -0.2) is 4.79 Å². The highest BCUT2D eigenvalue weighted by molar-refractivity contribution is 5.89. The van der Waals surface area contributed by atoms with E-state index in [1.165, 1.54) is 44.9 Å². The van der Waals surface area contributed by atoms with Gasteiger partial charge in [-0.1, -0.05) is 76.5 Å². The van der Waals surface area contributed by atoms with Gasteiger partial charge in [-0.15, -0.1) is 0 Å². The number of hydrogen-bond acceptors (Lipinski definition) is 7. The van der Waals surface area contributed by atoms with Crippen molar-refractivity contribution in [3.63, 3.8) is 0 Å². The lowest BCUT2D eigenvalue weighted by Crippen LogP contribution is -2.42. The van der Waals surface area contributed by atoms with Crippen LogP contribution in [0.3, 0.4) is 0 Å². The van der Waals surface area contributed by atoms with E-state index in [-0.39, 0.29) is 24.3 Å². The third-order valence-electron chi connectivity index (χ3n) is 7.78. The lowest BCUT2D eigenvalue weighted by atomic mass is 10.00. The number of ether oxygens (including phenoxy) is 5. The standard InChI is InChI=1S/C30H46O7/c1-4-5-6-7-8-9-10-11-15-18-22(34-28(32)21-16-13-12-14-17-21)23-19-20-24(33-23)26-25(31)27-29(35-26)37-30(2,3)36-27/h12-14,16-17,22-27,29,31H,4-11,15,18-20H2,1-3H3/t22-,23-,24+,25+,26+,27-,29+/m1/s1. The minimum atomic E-state index is -0.821. The van der Waals surface area contributed by atoms with Gasteiger partial charge < -0.3 is 28.8 Å². The highest BCUT2D eigenvalue weighted by Gasteiger charge is 2.57. The number of rotatable bonds is 14. The topological polar surface area (TPSA) is 83.5 Å². The van der Waals surface area contributed by atoms with Crippen molar-refractivity contribution in [2.24, 2.45) is 0 Å². The van der Waals surface area contributed by atoms with Crippen molar-refractivity contribution in [1.82, 2.24) is 0 Å². The number of aliphatic hydroxyl groups is 1. The third-order valence-corrected chi connectivity index (χ3v) is 7.78. The molecule has 0 bridgehead atoms. The predicted octanol–water partition coefficient (Wildman–Crippen LogP) is 5.92. The Morgan fingerprint density at radius 2 is 1.62 bits per heavy atom. The number of unbranched alkanes of at least 4 members (excludes halogenated alkanes) is 8. The van der Waals surface area contributed by atoms with Crippen molar-refractivity contribution in [3.05, 3.63) is 35.9 Å². The maximum Gasteiger partial charge on any atom is 0.338 e. The Labute approximate surface area is 222 Å². The molecule has 0 radical (unpaired) electrons. The number of carbonyl (C=O) groups is 1. The van der Waals surface area contributed by atoms with E-state index in [0.29, 0.717) is 5.56 Å². The molecule has 7 nitrogen and oxygen atoms in total. The Balaban J connectivity index is 1.28. The van der Waals surface area contributed by atoms with E-state index in [0.717, 1.165) is 32.1 Å². The molecule has 0 unspecified atom stereocenters. The maximum absolute atomic E-state index is 12.9. The average molecular weight is 519 g/mol. The van der Waals surface area contributed by atoms with Gasteiger partial charge in [-0.2, -0.15) is 0 Å². The zero-order valence-corrected chi connectivity index (χ0v) is 22.8. The fourth-order valence-corrected chi connectivity index (χ4v) is 5.78. The minimum absolute atomic E-state index is 0.221. The van der Waals surface area contributed by atoms with E-state index in [1.807, 2.05) is 32.0 Å². The van der Waals surface area contributed by atoms with Crippen molar-refractivity contribution in [3.8, 4) is 0 Å². The fourth-order valence-electron chi connectivity index (χ4n) is 5.78. The summed E-state index contributed by atoms with van der Waals surface area (Å²) in [5.41, 5.74) is 0.549. The second kappa shape index (κ2) is 13.5. The Hall–Kier alpha value is -1.51. The Morgan fingerprint density at radius 3 is 2.30 bits per heavy atom. The van der Waals surface area contributed by atoms with Gasteiger partial charge in [0.25, 0.3) is 0 Å². The first-order chi connectivity index (χ1) is 17.9. The first kappa shape index (κ1) is 28.5. The molecule has 7 heteroatoms. The predicted molar refractivity (Wildman–Crippen MR) is 140 cm³/mol. The third kappa shape index (κ3) is 7.76. The van der Waals surface area contributed by atoms with Crippen molar-refractivity contribution in [2.75, 3.05) is 0 Å². The van der Waals surface area contributed by atoms with Crippen LogP contribution in [0.5, 0.6) is 0 Å². The molecule has 3 aliphatic heterocycles. The number of hydrogen-bond donors (Lipinski definition) is 1. The molecule has 208 valence electrons. The summed E-state index contributed by atoms with van der Waals surface area (Å²) >= 11 is 0. The number of benzene rings is 1. The molecule has 1 N–H and O–H groups in total. The summed E-state index contributed by atoms with van der Waals surface area (Å²) in [5.74, 6) is -1.09. The summed E-state index contributed by atoms with van der Waals surface area (Å²) in [5, 5.41) is 10.9. The van der Waals surface area contributed by atoms with Crippen LogP contribution in [0, 0.1) is 0 Å². The van der Waals surface area contributed by atoms with Crippen LogP contribution in [0.4, 0.5) is 0 Å². The molecule has 3 saturated heterocycles. The number of aliphatic hydroxyl groups excluding tert-OH is 1. The van der Waals surface area contributed by atoms with Crippen LogP contribution in [-0.4, -0.2) is 59.8 Å². The molecule has 0 amide bonds. The normalized spacial score (nSPS) is 31.4. The molecular weight excluding hydrogens is 472 g/mol. The molecule has 3 heterocycles. The molecule has 4 rings (SSSR count). The van der Waals surface area contributed by atoms with E-state index in [1.54, 1.807) is 12.1 Å². The van der Waals surface area contributed by atoms with Crippen LogP contribution in [0.25, 0.3) is 0 Å². The summed E-state index contributed by atoms with van der Waals surface area (Å²) in [6, 6.07) is 9.13. The second-order valence-electron chi connectivity index (χ2n) is 11.3. The highest BCUT2D eigenvalue weighted by atomic mass is 16.8. The molecule has 3 fully saturated rings. The molecule has 1 aromatic carbocycles. The summed E-state index contributed by atoms with van der Waals surface area (Å²) < 4.78 is 30.1. The molecule has 37 heavy (non-hydrogen) atoms. The van der Waals surface area contributed by atoms with Crippen LogP contribution < -0.4 is 0 Å². The van der Waals surface area contributed by atoms with Crippen molar-refractivity contribution in [1.29, 1.82) is 0 Å². The van der Waals surface area contributed by atoms with Gasteiger partial charge in [0, 0.05) is 0 Å². The van der Waals surface area contributed by atoms with Gasteiger partial charge in [0.1, 0.15) is 24.4 Å². The van der Waals surface area contributed by atoms with Crippen LogP contribution in [0.2, 0.25) is 0 Å². The summed E-state index contributed by atoms with van der Waals surface area (Å²) in [6.07, 6.45) is 10.1. The van der Waals surface area contributed by atoms with Gasteiger partial charge in [0.15, 0.2) is 12.1 Å². The summed E-state index contributed by atoms with van der Waals surface area (Å²) in [4.78, 5) is 12.9. The Bertz CT molecular complexity index is 828. The molecule has 0 aliphatic carbocycles.